The number of nitrogens with zero attached hydrogens (tertiary/aromatic N) is 5. The monoisotopic (exact) mass is 235 g/mol. The first-order valence-electron chi connectivity index (χ1n) is 5.18. The van der Waals surface area contributed by atoms with Gasteiger partial charge >= 0.3 is 0 Å². The molecule has 16 heavy (non-hydrogen) atoms. The van der Waals surface area contributed by atoms with Crippen LogP contribution in [-0.4, -0.2) is 24.7 Å². The number of hydrogen-bond acceptors (Lipinski definition) is 4. The van der Waals surface area contributed by atoms with E-state index < -0.39 is 0 Å². The summed E-state index contributed by atoms with van der Waals surface area (Å²) in [4.78, 5) is 8.05. The van der Waals surface area contributed by atoms with Gasteiger partial charge in [0.1, 0.15) is 12.2 Å². The summed E-state index contributed by atoms with van der Waals surface area (Å²) >= 11 is 6.01. The second-order valence-corrected chi connectivity index (χ2v) is 4.23. The van der Waals surface area contributed by atoms with Gasteiger partial charge in [0.05, 0.1) is 12.2 Å². The summed E-state index contributed by atoms with van der Waals surface area (Å²) in [6, 6.07) is 1.87. The van der Waals surface area contributed by atoms with Gasteiger partial charge in [-0.15, -0.1) is 10.2 Å². The highest BCUT2D eigenvalue weighted by molar-refractivity contribution is 6.28. The van der Waals surface area contributed by atoms with Crippen molar-refractivity contribution in [3.63, 3.8) is 0 Å². The van der Waals surface area contributed by atoms with E-state index in [4.69, 9.17) is 11.6 Å². The van der Waals surface area contributed by atoms with Crippen LogP contribution in [0.2, 0.25) is 5.28 Å². The number of rotatable bonds is 3. The molecule has 0 aliphatic heterocycles. The first kappa shape index (κ1) is 9.72. The maximum Gasteiger partial charge on any atom is 0.225 e. The smallest absolute Gasteiger partial charge is 0.225 e. The average Bonchev–Trinajstić information content (AvgIpc) is 3.08. The van der Waals surface area contributed by atoms with Crippen LogP contribution in [0.15, 0.2) is 18.6 Å². The van der Waals surface area contributed by atoms with Crippen LogP contribution in [0.5, 0.6) is 0 Å². The number of hydrogen-bond donors (Lipinski definition) is 0. The molecule has 3 rings (SSSR count). The molecule has 0 amide bonds. The molecule has 5 nitrogen and oxygen atoms in total. The second-order valence-electron chi connectivity index (χ2n) is 3.89. The zero-order valence-corrected chi connectivity index (χ0v) is 9.30. The van der Waals surface area contributed by atoms with Gasteiger partial charge in [0, 0.05) is 12.1 Å². The van der Waals surface area contributed by atoms with Gasteiger partial charge < -0.3 is 0 Å². The van der Waals surface area contributed by atoms with Crippen LogP contribution in [0.1, 0.15) is 30.3 Å². The molecule has 2 aromatic rings. The van der Waals surface area contributed by atoms with Crippen LogP contribution in [0, 0.1) is 0 Å². The minimum Gasteiger partial charge on any atom is -0.295 e. The van der Waals surface area contributed by atoms with Crippen LogP contribution in [-0.2, 0) is 6.54 Å². The van der Waals surface area contributed by atoms with Crippen molar-refractivity contribution < 1.29 is 0 Å². The molecule has 6 heteroatoms. The van der Waals surface area contributed by atoms with Crippen LogP contribution in [0.4, 0.5) is 0 Å². The quantitative estimate of drug-likeness (QED) is 0.812. The third kappa shape index (κ3) is 1.78. The second kappa shape index (κ2) is 3.83. The van der Waals surface area contributed by atoms with Crippen LogP contribution in [0.25, 0.3) is 0 Å². The first-order valence-corrected chi connectivity index (χ1v) is 5.56. The Balaban J connectivity index is 1.91. The topological polar surface area (TPSA) is 56.5 Å². The lowest BCUT2D eigenvalue weighted by Gasteiger charge is -2.05. The number of aromatic nitrogens is 5. The lowest BCUT2D eigenvalue weighted by Crippen LogP contribution is -2.06. The van der Waals surface area contributed by atoms with Crippen molar-refractivity contribution in [3.8, 4) is 0 Å². The van der Waals surface area contributed by atoms with Crippen LogP contribution < -0.4 is 0 Å². The highest BCUT2D eigenvalue weighted by atomic mass is 35.5. The minimum atomic E-state index is 0.431. The Morgan fingerprint density at radius 2 is 2.25 bits per heavy atom. The first-order chi connectivity index (χ1) is 7.84. The summed E-state index contributed by atoms with van der Waals surface area (Å²) in [5.41, 5.74) is 0.915. The standard InChI is InChI=1S/C10H10ClN5/c11-10-15-14-9(7-1-2-7)16(10)5-8-3-4-12-6-13-8/h3-4,6-7H,1-2,5H2. The van der Waals surface area contributed by atoms with Gasteiger partial charge in [0.25, 0.3) is 0 Å². The molecule has 0 bridgehead atoms. The molecule has 2 heterocycles. The van der Waals surface area contributed by atoms with E-state index in [0.29, 0.717) is 17.7 Å². The Morgan fingerprint density at radius 1 is 1.38 bits per heavy atom. The summed E-state index contributed by atoms with van der Waals surface area (Å²) in [6.07, 6.45) is 5.61. The summed E-state index contributed by atoms with van der Waals surface area (Å²) in [5, 5.41) is 8.45. The van der Waals surface area contributed by atoms with Crippen molar-refractivity contribution in [2.24, 2.45) is 0 Å². The van der Waals surface area contributed by atoms with Crippen molar-refractivity contribution in [3.05, 3.63) is 35.4 Å². The average molecular weight is 236 g/mol. The van der Waals surface area contributed by atoms with Crippen molar-refractivity contribution in [1.29, 1.82) is 0 Å². The summed E-state index contributed by atoms with van der Waals surface area (Å²) < 4.78 is 1.92. The summed E-state index contributed by atoms with van der Waals surface area (Å²) in [6.45, 7) is 0.611. The molecule has 1 aliphatic carbocycles. The van der Waals surface area contributed by atoms with E-state index in [1.807, 2.05) is 10.6 Å². The van der Waals surface area contributed by atoms with Crippen LogP contribution >= 0.6 is 11.6 Å². The minimum absolute atomic E-state index is 0.431. The number of halogens is 1. The highest BCUT2D eigenvalue weighted by Gasteiger charge is 2.30. The van der Waals surface area contributed by atoms with E-state index >= 15 is 0 Å². The molecule has 0 aromatic carbocycles. The molecule has 0 unspecified atom stereocenters. The molecule has 2 aromatic heterocycles. The fourth-order valence-corrected chi connectivity index (χ4v) is 1.84. The Morgan fingerprint density at radius 3 is 2.94 bits per heavy atom. The fourth-order valence-electron chi connectivity index (χ4n) is 1.66. The molecule has 0 N–H and O–H groups in total. The van der Waals surface area contributed by atoms with Gasteiger partial charge in [-0.1, -0.05) is 0 Å². The van der Waals surface area contributed by atoms with Crippen LogP contribution in [0.3, 0.4) is 0 Å². The van der Waals surface area contributed by atoms with E-state index in [1.54, 1.807) is 6.20 Å². The molecule has 1 saturated carbocycles. The molecule has 0 spiro atoms. The third-order valence-corrected chi connectivity index (χ3v) is 2.92. The predicted octanol–water partition coefficient (Wildman–Crippen LogP) is 1.65. The largest absolute Gasteiger partial charge is 0.295 e. The van der Waals surface area contributed by atoms with E-state index in [2.05, 4.69) is 20.2 Å². The van der Waals surface area contributed by atoms with E-state index in [0.717, 1.165) is 11.5 Å². The predicted molar refractivity (Wildman–Crippen MR) is 58.1 cm³/mol. The van der Waals surface area contributed by atoms with Gasteiger partial charge in [-0.2, -0.15) is 0 Å². The van der Waals surface area contributed by atoms with Gasteiger partial charge in [-0.05, 0) is 30.5 Å². The summed E-state index contributed by atoms with van der Waals surface area (Å²) in [7, 11) is 0. The Bertz CT molecular complexity index is 491. The molecule has 1 fully saturated rings. The van der Waals surface area contributed by atoms with Crippen molar-refractivity contribution in [2.75, 3.05) is 0 Å². The van der Waals surface area contributed by atoms with Gasteiger partial charge in [0.15, 0.2) is 0 Å². The fraction of sp³-hybridized carbons (Fsp3) is 0.400. The molecule has 82 valence electrons. The molecular formula is C10H10ClN5. The van der Waals surface area contributed by atoms with E-state index in [1.165, 1.54) is 19.2 Å². The Labute approximate surface area is 97.5 Å². The lowest BCUT2D eigenvalue weighted by molar-refractivity contribution is 0.710. The Kier molecular flexibility index (Phi) is 2.32. The highest BCUT2D eigenvalue weighted by Crippen LogP contribution is 2.39. The Hall–Kier alpha value is -1.49. The maximum absolute atomic E-state index is 6.01. The SMILES string of the molecule is Clc1nnc(C2CC2)n1Cc1ccncn1. The zero-order valence-electron chi connectivity index (χ0n) is 8.54. The maximum atomic E-state index is 6.01. The molecule has 0 saturated heterocycles. The molecule has 0 radical (unpaired) electrons. The van der Waals surface area contributed by atoms with Crippen molar-refractivity contribution in [2.45, 2.75) is 25.3 Å². The molecular weight excluding hydrogens is 226 g/mol. The van der Waals surface area contributed by atoms with E-state index in [-0.39, 0.29) is 0 Å². The molecule has 0 atom stereocenters. The van der Waals surface area contributed by atoms with Crippen molar-refractivity contribution >= 4 is 11.6 Å². The van der Waals surface area contributed by atoms with Gasteiger partial charge in [0.2, 0.25) is 5.28 Å². The van der Waals surface area contributed by atoms with Crippen molar-refractivity contribution in [1.82, 2.24) is 24.7 Å². The lowest BCUT2D eigenvalue weighted by atomic mass is 10.3. The third-order valence-electron chi connectivity index (χ3n) is 2.64. The van der Waals surface area contributed by atoms with E-state index in [9.17, 15) is 0 Å². The molecule has 1 aliphatic rings. The van der Waals surface area contributed by atoms with Gasteiger partial charge in [-0.3, -0.25) is 4.57 Å². The van der Waals surface area contributed by atoms with Gasteiger partial charge in [-0.25, -0.2) is 9.97 Å². The summed E-state index contributed by atoms with van der Waals surface area (Å²) in [5.74, 6) is 1.51. The zero-order chi connectivity index (χ0) is 11.0. The normalized spacial score (nSPS) is 15.3.